The zero-order valence-corrected chi connectivity index (χ0v) is 42.1. The van der Waals surface area contributed by atoms with Crippen molar-refractivity contribution in [2.24, 2.45) is 5.41 Å². The second kappa shape index (κ2) is 19.1. The predicted molar refractivity (Wildman–Crippen MR) is 248 cm³/mol. The van der Waals surface area contributed by atoms with Gasteiger partial charge in [-0.2, -0.15) is 13.2 Å². The first kappa shape index (κ1) is 52.6. The molecule has 0 radical (unpaired) electrons. The summed E-state index contributed by atoms with van der Waals surface area (Å²) >= 11 is 0.733. The molecule has 3 aromatic heterocycles. The molecule has 0 bridgehead atoms. The zero-order chi connectivity index (χ0) is 48.6. The molecule has 0 unspecified atom stereocenters. The molecule has 14 nitrogen and oxygen atoms in total. The van der Waals surface area contributed by atoms with E-state index in [9.17, 15) is 37.2 Å². The Bertz CT molecular complexity index is 2440. The van der Waals surface area contributed by atoms with Gasteiger partial charge in [-0.3, -0.25) is 23.7 Å². The standard InChI is InChI=1S/C44H63F3N5O9PSSi/c1-16-48-39(56)51-34-22-27(37-50-32(25-63-37)44(45,46)47)29(23-49-34)26-17-18-30-28(21-26)36(53)35(38(54)55)31(19-20-58-62(57,60-41(5,6)7)61-42(8,9)10)52(30)33(40(2,3)4)24-59-64(14,15)43(11,12)13/h17-18,21-23,25,33H,16,19-20,24H2,1-15H3,(H,54,55)(H2,48,49,51,56)/t33-/m1/s1. The molecule has 354 valence electrons. The molecule has 20 heteroatoms. The van der Waals surface area contributed by atoms with Crippen LogP contribution in [0.25, 0.3) is 32.6 Å². The number of nitrogens with zero attached hydrogens (tertiary/aromatic N) is 3. The van der Waals surface area contributed by atoms with Crippen LogP contribution in [0.3, 0.4) is 0 Å². The molecule has 1 aromatic carbocycles. The lowest BCUT2D eigenvalue weighted by Gasteiger charge is -2.41. The van der Waals surface area contributed by atoms with Crippen LogP contribution in [-0.4, -0.2) is 70.9 Å². The van der Waals surface area contributed by atoms with Gasteiger partial charge in [-0.15, -0.1) is 11.3 Å². The van der Waals surface area contributed by atoms with Crippen LogP contribution in [-0.2, 0) is 35.2 Å². The molecule has 1 atom stereocenters. The number of phosphoric ester groups is 1. The van der Waals surface area contributed by atoms with Crippen LogP contribution in [0.2, 0.25) is 18.1 Å². The quantitative estimate of drug-likeness (QED) is 0.0762. The van der Waals surface area contributed by atoms with Crippen molar-refractivity contribution in [3.8, 4) is 21.7 Å². The second-order valence-electron chi connectivity index (χ2n) is 20.1. The lowest BCUT2D eigenvalue weighted by Crippen LogP contribution is -2.44. The topological polar surface area (TPSA) is 180 Å². The van der Waals surface area contributed by atoms with Crippen LogP contribution < -0.4 is 16.1 Å². The van der Waals surface area contributed by atoms with Crippen molar-refractivity contribution in [3.63, 3.8) is 0 Å². The van der Waals surface area contributed by atoms with Crippen LogP contribution in [0.15, 0.2) is 40.6 Å². The van der Waals surface area contributed by atoms with Crippen molar-refractivity contribution in [3.05, 3.63) is 63.0 Å². The molecular formula is C44H63F3N5O9PSSi. The van der Waals surface area contributed by atoms with Crippen LogP contribution in [0.5, 0.6) is 0 Å². The van der Waals surface area contributed by atoms with Gasteiger partial charge in [0.2, 0.25) is 5.43 Å². The summed E-state index contributed by atoms with van der Waals surface area (Å²) in [5, 5.41) is 16.7. The van der Waals surface area contributed by atoms with E-state index in [0.717, 1.165) is 16.7 Å². The van der Waals surface area contributed by atoms with Crippen molar-refractivity contribution in [1.82, 2.24) is 19.9 Å². The molecule has 3 N–H and O–H groups in total. The van der Waals surface area contributed by atoms with Gasteiger partial charge in [0.25, 0.3) is 0 Å². The lowest BCUT2D eigenvalue weighted by atomic mass is 9.85. The van der Waals surface area contributed by atoms with Gasteiger partial charge in [0.05, 0.1) is 36.0 Å². The monoisotopic (exact) mass is 953 g/mol. The summed E-state index contributed by atoms with van der Waals surface area (Å²) < 4.78 is 81.7. The van der Waals surface area contributed by atoms with E-state index in [1.54, 1.807) is 65.2 Å². The molecule has 0 saturated carbocycles. The third-order valence-corrected chi connectivity index (χ3v) is 17.8. The Morgan fingerprint density at radius 1 is 0.953 bits per heavy atom. The van der Waals surface area contributed by atoms with Gasteiger partial charge >= 0.3 is 26.0 Å². The molecule has 4 rings (SSSR count). The summed E-state index contributed by atoms with van der Waals surface area (Å²) in [4.78, 5) is 48.8. The lowest BCUT2D eigenvalue weighted by molar-refractivity contribution is -0.140. The molecule has 0 aliphatic heterocycles. The average Bonchev–Trinajstić information content (AvgIpc) is 3.61. The number of aromatic carboxylic acids is 1. The number of fused-ring (bicyclic) bond motifs is 1. The zero-order valence-electron chi connectivity index (χ0n) is 39.4. The minimum atomic E-state index is -4.73. The summed E-state index contributed by atoms with van der Waals surface area (Å²) in [6.07, 6.45) is -3.61. The number of carboxylic acids is 1. The number of carbonyl (C=O) groups excluding carboxylic acids is 1. The maximum absolute atomic E-state index is 14.7. The van der Waals surface area contributed by atoms with Crippen molar-refractivity contribution in [2.45, 2.75) is 138 Å². The van der Waals surface area contributed by atoms with E-state index in [2.05, 4.69) is 54.5 Å². The number of nitrogens with one attached hydrogen (secondary N) is 2. The van der Waals surface area contributed by atoms with E-state index >= 15 is 0 Å². The smallest absolute Gasteiger partial charge is 0.475 e. The fraction of sp³-hybridized carbons (Fsp3) is 0.568. The maximum atomic E-state index is 14.7. The highest BCUT2D eigenvalue weighted by atomic mass is 32.1. The predicted octanol–water partition coefficient (Wildman–Crippen LogP) is 12.0. The molecule has 4 aromatic rings. The number of rotatable bonds is 15. The third kappa shape index (κ3) is 13.1. The van der Waals surface area contributed by atoms with Crippen molar-refractivity contribution >= 4 is 56.2 Å². The van der Waals surface area contributed by atoms with Gasteiger partial charge in [0.15, 0.2) is 14.0 Å². The number of halogens is 3. The van der Waals surface area contributed by atoms with Crippen LogP contribution in [0.1, 0.15) is 118 Å². The largest absolute Gasteiger partial charge is 0.477 e. The molecule has 2 amide bonds. The van der Waals surface area contributed by atoms with E-state index in [1.165, 1.54) is 18.3 Å². The Morgan fingerprint density at radius 3 is 2.06 bits per heavy atom. The number of carbonyl (C=O) groups is 2. The number of urea groups is 1. The minimum absolute atomic E-state index is 0.00968. The van der Waals surface area contributed by atoms with Gasteiger partial charge in [0, 0.05) is 46.7 Å². The Hall–Kier alpha value is -3.97. The van der Waals surface area contributed by atoms with E-state index in [4.69, 9.17) is 18.0 Å². The van der Waals surface area contributed by atoms with Crippen molar-refractivity contribution in [1.29, 1.82) is 0 Å². The number of alkyl halides is 3. The van der Waals surface area contributed by atoms with Gasteiger partial charge in [-0.05, 0) is 95.8 Å². The van der Waals surface area contributed by atoms with Gasteiger partial charge in [-0.1, -0.05) is 47.6 Å². The Kier molecular flexibility index (Phi) is 15.7. The van der Waals surface area contributed by atoms with E-state index in [1.807, 2.05) is 20.8 Å². The number of hydrogen-bond donors (Lipinski definition) is 3. The minimum Gasteiger partial charge on any atom is -0.477 e. The molecule has 64 heavy (non-hydrogen) atoms. The Balaban J connectivity index is 2.06. The number of anilines is 1. The van der Waals surface area contributed by atoms with E-state index in [0.29, 0.717) is 17.6 Å². The molecule has 0 spiro atoms. The van der Waals surface area contributed by atoms with Crippen LogP contribution in [0, 0.1) is 5.41 Å². The third-order valence-electron chi connectivity index (χ3n) is 10.4. The summed E-state index contributed by atoms with van der Waals surface area (Å²) in [6, 6.07) is 4.99. The van der Waals surface area contributed by atoms with Crippen LogP contribution >= 0.6 is 19.2 Å². The number of pyridine rings is 2. The van der Waals surface area contributed by atoms with Gasteiger partial charge in [-0.25, -0.2) is 24.1 Å². The number of benzene rings is 1. The number of phosphoric acid groups is 1. The number of aromatic nitrogens is 3. The van der Waals surface area contributed by atoms with Crippen molar-refractivity contribution < 1.29 is 50.4 Å². The van der Waals surface area contributed by atoms with Gasteiger partial charge in [0.1, 0.15) is 16.4 Å². The normalized spacial score (nSPS) is 13.9. The number of thiazole rings is 1. The second-order valence-corrected chi connectivity index (χ2v) is 27.3. The molecule has 0 aliphatic carbocycles. The van der Waals surface area contributed by atoms with Crippen molar-refractivity contribution in [2.75, 3.05) is 25.1 Å². The highest BCUT2D eigenvalue weighted by Crippen LogP contribution is 2.55. The maximum Gasteiger partial charge on any atom is 0.475 e. The Labute approximate surface area is 378 Å². The van der Waals surface area contributed by atoms with Gasteiger partial charge < -0.3 is 19.4 Å². The molecule has 3 heterocycles. The first-order valence-corrected chi connectivity index (χ1v) is 26.1. The first-order chi connectivity index (χ1) is 29.1. The molecule has 0 aliphatic rings. The fourth-order valence-corrected chi connectivity index (χ4v) is 10.1. The Morgan fingerprint density at radius 2 is 1.56 bits per heavy atom. The summed E-state index contributed by atoms with van der Waals surface area (Å²) in [6.45, 7) is 28.4. The van der Waals surface area contributed by atoms with Crippen LogP contribution in [0.4, 0.5) is 23.8 Å². The molecule has 0 fully saturated rings. The van der Waals surface area contributed by atoms with E-state index in [-0.39, 0.29) is 57.7 Å². The number of hydrogen-bond acceptors (Lipinski definition) is 11. The SMILES string of the molecule is CCNC(=O)Nc1cc(-c2nc(C(F)(F)F)cs2)c(-c2ccc3c(c2)c(=O)c(C(=O)O)c(CCOP(=O)(OC(C)(C)C)OC(C)(C)C)n3[C@H](CO[Si](C)(C)C(C)(C)C)C(C)(C)C)cn1. The summed E-state index contributed by atoms with van der Waals surface area (Å²) in [5.74, 6) is -1.50. The molecular weight excluding hydrogens is 891 g/mol. The fourth-order valence-electron chi connectivity index (χ4n) is 6.44. The summed E-state index contributed by atoms with van der Waals surface area (Å²) in [5.41, 5.74) is -3.89. The highest BCUT2D eigenvalue weighted by Gasteiger charge is 2.41. The molecule has 0 saturated heterocycles. The first-order valence-electron chi connectivity index (χ1n) is 20.9. The number of amides is 2. The average molecular weight is 954 g/mol. The summed E-state index contributed by atoms with van der Waals surface area (Å²) in [7, 11) is -6.70. The number of carboxylic acid groups (broad SMARTS) is 1. The highest BCUT2D eigenvalue weighted by molar-refractivity contribution is 7.48. The van der Waals surface area contributed by atoms with E-state index < -0.39 is 73.7 Å².